The van der Waals surface area contributed by atoms with Gasteiger partial charge in [-0.1, -0.05) is 49.4 Å². The molecule has 0 radical (unpaired) electrons. The van der Waals surface area contributed by atoms with E-state index in [0.29, 0.717) is 5.84 Å². The van der Waals surface area contributed by atoms with E-state index in [4.69, 9.17) is 0 Å². The van der Waals surface area contributed by atoms with Crippen LogP contribution in [0, 0.1) is 0 Å². The SMILES string of the molecule is CCN1CCN(C(=NNc2ccc(-c3ccccc3)cc2)C(C)=O)CC1. The smallest absolute Gasteiger partial charge is 0.196 e. The number of carbonyl (C=O) groups is 1. The summed E-state index contributed by atoms with van der Waals surface area (Å²) in [7, 11) is 0. The molecule has 1 fully saturated rings. The predicted molar refractivity (Wildman–Crippen MR) is 107 cm³/mol. The van der Waals surface area contributed by atoms with Gasteiger partial charge in [-0.2, -0.15) is 5.10 Å². The van der Waals surface area contributed by atoms with E-state index in [1.54, 1.807) is 6.92 Å². The molecule has 1 saturated heterocycles. The first-order valence-corrected chi connectivity index (χ1v) is 9.15. The van der Waals surface area contributed by atoms with Crippen LogP contribution in [0.25, 0.3) is 11.1 Å². The van der Waals surface area contributed by atoms with Crippen molar-refractivity contribution in [1.29, 1.82) is 0 Å². The van der Waals surface area contributed by atoms with Crippen LogP contribution in [0.3, 0.4) is 0 Å². The van der Waals surface area contributed by atoms with E-state index < -0.39 is 0 Å². The van der Waals surface area contributed by atoms with Crippen LogP contribution >= 0.6 is 0 Å². The number of amidine groups is 1. The van der Waals surface area contributed by atoms with Crippen LogP contribution in [0.1, 0.15) is 13.8 Å². The van der Waals surface area contributed by atoms with Gasteiger partial charge in [0.05, 0.1) is 5.69 Å². The number of Topliss-reactive ketones (excluding diaryl/α,β-unsaturated/α-hetero) is 1. The van der Waals surface area contributed by atoms with Gasteiger partial charge < -0.3 is 9.80 Å². The summed E-state index contributed by atoms with van der Waals surface area (Å²) < 4.78 is 0. The van der Waals surface area contributed by atoms with Gasteiger partial charge in [-0.05, 0) is 29.8 Å². The second-order valence-electron chi connectivity index (χ2n) is 6.47. The van der Waals surface area contributed by atoms with Crippen molar-refractivity contribution < 1.29 is 4.79 Å². The summed E-state index contributed by atoms with van der Waals surface area (Å²) in [6, 6.07) is 18.3. The molecular formula is C21H26N4O. The molecule has 0 bridgehead atoms. The van der Waals surface area contributed by atoms with E-state index in [0.717, 1.165) is 44.0 Å². The molecule has 26 heavy (non-hydrogen) atoms. The largest absolute Gasteiger partial charge is 0.350 e. The third-order valence-corrected chi connectivity index (χ3v) is 4.72. The van der Waals surface area contributed by atoms with Crippen LogP contribution < -0.4 is 5.43 Å². The van der Waals surface area contributed by atoms with Crippen molar-refractivity contribution in [2.45, 2.75) is 13.8 Å². The number of nitrogens with one attached hydrogen (secondary N) is 1. The Morgan fingerprint density at radius 1 is 0.962 bits per heavy atom. The highest BCUT2D eigenvalue weighted by molar-refractivity contribution is 6.37. The van der Waals surface area contributed by atoms with Crippen molar-refractivity contribution in [2.24, 2.45) is 5.10 Å². The van der Waals surface area contributed by atoms with Crippen molar-refractivity contribution in [1.82, 2.24) is 9.80 Å². The van der Waals surface area contributed by atoms with E-state index in [9.17, 15) is 4.79 Å². The molecule has 0 spiro atoms. The van der Waals surface area contributed by atoms with Gasteiger partial charge >= 0.3 is 0 Å². The fourth-order valence-corrected chi connectivity index (χ4v) is 3.13. The third-order valence-electron chi connectivity index (χ3n) is 4.72. The zero-order valence-corrected chi connectivity index (χ0v) is 15.5. The van der Waals surface area contributed by atoms with Crippen LogP contribution in [0.5, 0.6) is 0 Å². The van der Waals surface area contributed by atoms with Crippen molar-refractivity contribution >= 4 is 17.3 Å². The van der Waals surface area contributed by atoms with E-state index >= 15 is 0 Å². The predicted octanol–water partition coefficient (Wildman–Crippen LogP) is 3.31. The zero-order chi connectivity index (χ0) is 18.4. The van der Waals surface area contributed by atoms with E-state index in [2.05, 4.69) is 51.5 Å². The number of piperazine rings is 1. The molecule has 3 rings (SSSR count). The van der Waals surface area contributed by atoms with Crippen LogP contribution in [0.2, 0.25) is 0 Å². The lowest BCUT2D eigenvalue weighted by Gasteiger charge is -2.35. The molecule has 1 aliphatic heterocycles. The summed E-state index contributed by atoms with van der Waals surface area (Å²) in [5.41, 5.74) is 6.25. The molecule has 2 aromatic carbocycles. The normalized spacial score (nSPS) is 15.8. The monoisotopic (exact) mass is 350 g/mol. The van der Waals surface area contributed by atoms with Gasteiger partial charge in [-0.3, -0.25) is 10.2 Å². The molecule has 2 aromatic rings. The number of carbonyl (C=O) groups excluding carboxylic acids is 1. The Balaban J connectivity index is 1.67. The van der Waals surface area contributed by atoms with Gasteiger partial charge in [0.25, 0.3) is 0 Å². The fraction of sp³-hybridized carbons (Fsp3) is 0.333. The Morgan fingerprint density at radius 3 is 2.15 bits per heavy atom. The molecule has 1 aliphatic rings. The summed E-state index contributed by atoms with van der Waals surface area (Å²) >= 11 is 0. The molecule has 1 N–H and O–H groups in total. The topological polar surface area (TPSA) is 47.9 Å². The van der Waals surface area contributed by atoms with E-state index in [1.165, 1.54) is 5.56 Å². The minimum atomic E-state index is -0.0108. The molecule has 5 heteroatoms. The number of ketones is 1. The first-order valence-electron chi connectivity index (χ1n) is 9.15. The summed E-state index contributed by atoms with van der Waals surface area (Å²) in [6.07, 6.45) is 0. The minimum absolute atomic E-state index is 0.0108. The molecule has 0 aliphatic carbocycles. The number of hydrazone groups is 1. The molecular weight excluding hydrogens is 324 g/mol. The number of nitrogens with zero attached hydrogens (tertiary/aromatic N) is 3. The second kappa shape index (κ2) is 8.63. The van der Waals surface area contributed by atoms with Crippen molar-refractivity contribution in [2.75, 3.05) is 38.1 Å². The Labute approximate surface area is 155 Å². The molecule has 136 valence electrons. The number of likely N-dealkylation sites (N-methyl/N-ethyl adjacent to an activating group) is 1. The third kappa shape index (κ3) is 4.49. The lowest BCUT2D eigenvalue weighted by Crippen LogP contribution is -2.50. The first kappa shape index (κ1) is 18.1. The summed E-state index contributed by atoms with van der Waals surface area (Å²) in [4.78, 5) is 16.5. The van der Waals surface area contributed by atoms with Gasteiger partial charge in [0, 0.05) is 33.1 Å². The lowest BCUT2D eigenvalue weighted by atomic mass is 10.1. The Hall–Kier alpha value is -2.66. The van der Waals surface area contributed by atoms with Gasteiger partial charge in [0.15, 0.2) is 11.6 Å². The summed E-state index contributed by atoms with van der Waals surface area (Å²) in [5, 5.41) is 4.39. The number of benzene rings is 2. The van der Waals surface area contributed by atoms with E-state index in [-0.39, 0.29) is 5.78 Å². The van der Waals surface area contributed by atoms with Crippen LogP contribution in [0.15, 0.2) is 59.7 Å². The molecule has 5 nitrogen and oxygen atoms in total. The first-order chi connectivity index (χ1) is 12.7. The highest BCUT2D eigenvalue weighted by Crippen LogP contribution is 2.21. The number of anilines is 1. The van der Waals surface area contributed by atoms with E-state index in [1.807, 2.05) is 30.3 Å². The highest BCUT2D eigenvalue weighted by atomic mass is 16.1. The molecule has 0 saturated carbocycles. The van der Waals surface area contributed by atoms with Gasteiger partial charge in [-0.15, -0.1) is 0 Å². The highest BCUT2D eigenvalue weighted by Gasteiger charge is 2.21. The average Bonchev–Trinajstić information content (AvgIpc) is 2.69. The molecule has 0 atom stereocenters. The van der Waals surface area contributed by atoms with Crippen molar-refractivity contribution in [3.63, 3.8) is 0 Å². The van der Waals surface area contributed by atoms with Crippen LogP contribution in [-0.2, 0) is 4.79 Å². The quantitative estimate of drug-likeness (QED) is 0.511. The molecule has 0 amide bonds. The molecule has 1 heterocycles. The number of rotatable bonds is 5. The Kier molecular flexibility index (Phi) is 6.02. The van der Waals surface area contributed by atoms with Crippen LogP contribution in [-0.4, -0.2) is 54.1 Å². The number of hydrogen-bond donors (Lipinski definition) is 1. The molecule has 0 aromatic heterocycles. The maximum absolute atomic E-state index is 12.0. The maximum atomic E-state index is 12.0. The second-order valence-corrected chi connectivity index (χ2v) is 6.47. The maximum Gasteiger partial charge on any atom is 0.196 e. The Bertz CT molecular complexity index is 747. The lowest BCUT2D eigenvalue weighted by molar-refractivity contribution is -0.111. The Morgan fingerprint density at radius 2 is 1.58 bits per heavy atom. The average molecular weight is 350 g/mol. The molecule has 0 unspecified atom stereocenters. The minimum Gasteiger partial charge on any atom is -0.350 e. The van der Waals surface area contributed by atoms with Gasteiger partial charge in [0.1, 0.15) is 0 Å². The summed E-state index contributed by atoms with van der Waals surface area (Å²) in [5.74, 6) is 0.497. The van der Waals surface area contributed by atoms with Gasteiger partial charge in [0.2, 0.25) is 0 Å². The van der Waals surface area contributed by atoms with Crippen molar-refractivity contribution in [3.8, 4) is 11.1 Å². The van der Waals surface area contributed by atoms with Crippen LogP contribution in [0.4, 0.5) is 5.69 Å². The number of hydrogen-bond acceptors (Lipinski definition) is 4. The van der Waals surface area contributed by atoms with Crippen molar-refractivity contribution in [3.05, 3.63) is 54.6 Å². The zero-order valence-electron chi connectivity index (χ0n) is 15.5. The van der Waals surface area contributed by atoms with Gasteiger partial charge in [-0.25, -0.2) is 0 Å². The standard InChI is InChI=1S/C21H26N4O/c1-3-24-13-15-25(16-14-24)21(17(2)26)23-22-20-11-9-19(10-12-20)18-7-5-4-6-8-18/h4-12,22H,3,13-16H2,1-2H3. The fourth-order valence-electron chi connectivity index (χ4n) is 3.13. The summed E-state index contributed by atoms with van der Waals surface area (Å²) in [6.45, 7) is 8.39.